The number of ether oxygens (including phenoxy) is 2. The van der Waals surface area contributed by atoms with E-state index in [9.17, 15) is 4.79 Å². The molecular weight excluding hydrogens is 384 g/mol. The van der Waals surface area contributed by atoms with Crippen molar-refractivity contribution in [3.05, 3.63) is 24.0 Å². The molecule has 0 saturated heterocycles. The lowest BCUT2D eigenvalue weighted by atomic mass is 10.2. The van der Waals surface area contributed by atoms with Crippen molar-refractivity contribution in [2.75, 3.05) is 38.7 Å². The molecule has 3 rings (SSSR count). The molecule has 0 spiro atoms. The Hall–Kier alpha value is -2.94. The van der Waals surface area contributed by atoms with Gasteiger partial charge >= 0.3 is 0 Å². The molecule has 3 aromatic rings. The molecule has 0 saturated carbocycles. The summed E-state index contributed by atoms with van der Waals surface area (Å²) in [5.74, 6) is 2.32. The van der Waals surface area contributed by atoms with Crippen molar-refractivity contribution in [2.24, 2.45) is 5.92 Å². The SMILES string of the molecule is COCCOc1ccc2c(c1)nc(NCCCCNC(=O)C(C)C)c1nnc(C)n12. The minimum Gasteiger partial charge on any atom is -0.491 e. The first-order valence-corrected chi connectivity index (χ1v) is 10.3. The number of aryl methyl sites for hydroxylation is 1. The highest BCUT2D eigenvalue weighted by molar-refractivity contribution is 5.84. The third-order valence-electron chi connectivity index (χ3n) is 4.73. The predicted octanol–water partition coefficient (Wildman–Crippen LogP) is 2.58. The van der Waals surface area contributed by atoms with Crippen molar-refractivity contribution in [1.29, 1.82) is 0 Å². The van der Waals surface area contributed by atoms with Gasteiger partial charge in [0.15, 0.2) is 5.82 Å². The van der Waals surface area contributed by atoms with Crippen LogP contribution in [0.5, 0.6) is 5.75 Å². The molecule has 0 radical (unpaired) electrons. The van der Waals surface area contributed by atoms with Gasteiger partial charge in [-0.25, -0.2) is 4.98 Å². The number of benzene rings is 1. The second-order valence-electron chi connectivity index (χ2n) is 7.44. The molecule has 0 bridgehead atoms. The summed E-state index contributed by atoms with van der Waals surface area (Å²) in [6.07, 6.45) is 1.79. The van der Waals surface area contributed by atoms with E-state index < -0.39 is 0 Å². The van der Waals surface area contributed by atoms with E-state index in [0.717, 1.165) is 42.0 Å². The number of carbonyl (C=O) groups is 1. The Morgan fingerprint density at radius 1 is 1.17 bits per heavy atom. The minimum absolute atomic E-state index is 0.0118. The van der Waals surface area contributed by atoms with Crippen LogP contribution in [0.25, 0.3) is 16.7 Å². The van der Waals surface area contributed by atoms with Gasteiger partial charge in [0.2, 0.25) is 11.6 Å². The number of nitrogens with one attached hydrogen (secondary N) is 2. The van der Waals surface area contributed by atoms with Crippen LogP contribution < -0.4 is 15.4 Å². The fraction of sp³-hybridized carbons (Fsp3) is 0.524. The van der Waals surface area contributed by atoms with E-state index in [2.05, 4.69) is 20.8 Å². The number of fused-ring (bicyclic) bond motifs is 3. The van der Waals surface area contributed by atoms with Crippen LogP contribution in [0.4, 0.5) is 5.82 Å². The van der Waals surface area contributed by atoms with Gasteiger partial charge in [0.05, 0.1) is 17.6 Å². The topological polar surface area (TPSA) is 103 Å². The number of carbonyl (C=O) groups excluding carboxylic acids is 1. The quantitative estimate of drug-likeness (QED) is 0.465. The first kappa shape index (κ1) is 21.8. The Bertz CT molecular complexity index is 1000. The molecule has 1 aromatic carbocycles. The summed E-state index contributed by atoms with van der Waals surface area (Å²) in [7, 11) is 1.65. The monoisotopic (exact) mass is 414 g/mol. The van der Waals surface area contributed by atoms with Crippen LogP contribution in [0.2, 0.25) is 0 Å². The summed E-state index contributed by atoms with van der Waals surface area (Å²) >= 11 is 0. The van der Waals surface area contributed by atoms with Gasteiger partial charge in [-0.1, -0.05) is 13.8 Å². The molecule has 162 valence electrons. The van der Waals surface area contributed by atoms with Crippen molar-refractivity contribution in [1.82, 2.24) is 24.9 Å². The highest BCUT2D eigenvalue weighted by Crippen LogP contribution is 2.25. The van der Waals surface area contributed by atoms with Crippen LogP contribution in [-0.2, 0) is 9.53 Å². The summed E-state index contributed by atoms with van der Waals surface area (Å²) in [4.78, 5) is 16.4. The number of amides is 1. The van der Waals surface area contributed by atoms with Gasteiger partial charge in [-0.2, -0.15) is 0 Å². The number of hydrogen-bond acceptors (Lipinski definition) is 7. The van der Waals surface area contributed by atoms with Gasteiger partial charge < -0.3 is 20.1 Å². The van der Waals surface area contributed by atoms with Crippen LogP contribution in [0.1, 0.15) is 32.5 Å². The predicted molar refractivity (Wildman–Crippen MR) is 116 cm³/mol. The maximum absolute atomic E-state index is 11.6. The van der Waals surface area contributed by atoms with Crippen LogP contribution >= 0.6 is 0 Å². The zero-order chi connectivity index (χ0) is 21.5. The second kappa shape index (κ2) is 10.2. The fourth-order valence-electron chi connectivity index (χ4n) is 3.08. The summed E-state index contributed by atoms with van der Waals surface area (Å²) in [6, 6.07) is 5.79. The third-order valence-corrected chi connectivity index (χ3v) is 4.73. The van der Waals surface area contributed by atoms with Gasteiger partial charge in [-0.3, -0.25) is 9.20 Å². The minimum atomic E-state index is 0.0118. The van der Waals surface area contributed by atoms with Crippen molar-refractivity contribution in [3.63, 3.8) is 0 Å². The summed E-state index contributed by atoms with van der Waals surface area (Å²) in [6.45, 7) is 8.11. The van der Waals surface area contributed by atoms with Crippen LogP contribution in [0.3, 0.4) is 0 Å². The third kappa shape index (κ3) is 5.15. The lowest BCUT2D eigenvalue weighted by Crippen LogP contribution is -2.28. The Labute approximate surface area is 176 Å². The van der Waals surface area contributed by atoms with Crippen molar-refractivity contribution >= 4 is 28.4 Å². The van der Waals surface area contributed by atoms with Gasteiger partial charge in [0.1, 0.15) is 18.2 Å². The van der Waals surface area contributed by atoms with Crippen LogP contribution in [0, 0.1) is 12.8 Å². The first-order chi connectivity index (χ1) is 14.5. The second-order valence-corrected chi connectivity index (χ2v) is 7.44. The molecule has 0 unspecified atom stereocenters. The molecular formula is C21H30N6O3. The Morgan fingerprint density at radius 3 is 2.73 bits per heavy atom. The average molecular weight is 415 g/mol. The van der Waals surface area contributed by atoms with Crippen LogP contribution in [-0.4, -0.2) is 58.9 Å². The maximum Gasteiger partial charge on any atom is 0.222 e. The maximum atomic E-state index is 11.6. The molecule has 0 fully saturated rings. The Kier molecular flexibility index (Phi) is 7.40. The van der Waals surface area contributed by atoms with Gasteiger partial charge in [-0.05, 0) is 31.9 Å². The molecule has 9 nitrogen and oxygen atoms in total. The normalized spacial score (nSPS) is 11.4. The molecule has 0 aliphatic rings. The molecule has 0 aliphatic heterocycles. The Balaban J connectivity index is 1.70. The average Bonchev–Trinajstić information content (AvgIpc) is 3.12. The zero-order valence-corrected chi connectivity index (χ0v) is 18.1. The molecule has 0 aliphatic carbocycles. The molecule has 30 heavy (non-hydrogen) atoms. The number of aromatic nitrogens is 4. The largest absolute Gasteiger partial charge is 0.491 e. The van der Waals surface area contributed by atoms with Crippen molar-refractivity contribution < 1.29 is 14.3 Å². The standard InChI is InChI=1S/C21H30N6O3/c1-14(2)21(28)23-10-6-5-9-22-19-20-26-25-15(3)27(20)18-8-7-16(13-17(18)24-19)30-12-11-29-4/h7-8,13-14H,5-6,9-12H2,1-4H3,(H,22,24)(H,23,28). The number of nitrogens with zero attached hydrogens (tertiary/aromatic N) is 4. The molecule has 9 heteroatoms. The van der Waals surface area contributed by atoms with Crippen molar-refractivity contribution in [3.8, 4) is 5.75 Å². The molecule has 2 heterocycles. The van der Waals surface area contributed by atoms with Gasteiger partial charge in [-0.15, -0.1) is 10.2 Å². The smallest absolute Gasteiger partial charge is 0.222 e. The Morgan fingerprint density at radius 2 is 1.97 bits per heavy atom. The lowest BCUT2D eigenvalue weighted by molar-refractivity contribution is -0.123. The number of methoxy groups -OCH3 is 1. The highest BCUT2D eigenvalue weighted by atomic mass is 16.5. The van der Waals surface area contributed by atoms with Gasteiger partial charge in [0, 0.05) is 32.2 Å². The van der Waals surface area contributed by atoms with E-state index in [1.165, 1.54) is 0 Å². The molecule has 1 amide bonds. The van der Waals surface area contributed by atoms with E-state index in [1.807, 2.05) is 43.4 Å². The fourth-order valence-corrected chi connectivity index (χ4v) is 3.08. The number of hydrogen-bond donors (Lipinski definition) is 2. The molecule has 0 atom stereocenters. The summed E-state index contributed by atoms with van der Waals surface area (Å²) < 4.78 is 12.7. The summed E-state index contributed by atoms with van der Waals surface area (Å²) in [5, 5.41) is 14.8. The van der Waals surface area contributed by atoms with Crippen molar-refractivity contribution in [2.45, 2.75) is 33.6 Å². The molecule has 2 N–H and O–H groups in total. The van der Waals surface area contributed by atoms with E-state index >= 15 is 0 Å². The highest BCUT2D eigenvalue weighted by Gasteiger charge is 2.13. The number of unbranched alkanes of at least 4 members (excludes halogenated alkanes) is 1. The number of anilines is 1. The molecule has 2 aromatic heterocycles. The lowest BCUT2D eigenvalue weighted by Gasteiger charge is -2.12. The van der Waals surface area contributed by atoms with Crippen LogP contribution in [0.15, 0.2) is 18.2 Å². The van der Waals surface area contributed by atoms with E-state index in [1.54, 1.807) is 7.11 Å². The number of rotatable bonds is 11. The summed E-state index contributed by atoms with van der Waals surface area (Å²) in [5.41, 5.74) is 2.42. The van der Waals surface area contributed by atoms with E-state index in [-0.39, 0.29) is 11.8 Å². The van der Waals surface area contributed by atoms with Gasteiger partial charge in [0.25, 0.3) is 0 Å². The first-order valence-electron chi connectivity index (χ1n) is 10.3. The van der Waals surface area contributed by atoms with E-state index in [4.69, 9.17) is 14.5 Å². The zero-order valence-electron chi connectivity index (χ0n) is 18.1. The van der Waals surface area contributed by atoms with E-state index in [0.29, 0.717) is 31.2 Å².